The highest BCUT2D eigenvalue weighted by Gasteiger charge is 2.11. The summed E-state index contributed by atoms with van der Waals surface area (Å²) in [6, 6.07) is 2.66. The Bertz CT molecular complexity index is 447. The van der Waals surface area contributed by atoms with Crippen LogP contribution in [0.3, 0.4) is 0 Å². The molecule has 20 heavy (non-hydrogen) atoms. The van der Waals surface area contributed by atoms with Gasteiger partial charge in [0.15, 0.2) is 0 Å². The fourth-order valence-electron chi connectivity index (χ4n) is 1.31. The lowest BCUT2D eigenvalue weighted by Crippen LogP contribution is -2.39. The molecular formula is C13H19F2N3O2. The lowest BCUT2D eigenvalue weighted by Gasteiger charge is -2.18. The number of ether oxygens (including phenoxy) is 1. The zero-order chi connectivity index (χ0) is 15.2. The van der Waals surface area contributed by atoms with Gasteiger partial charge in [-0.25, -0.2) is 9.78 Å². The average Bonchev–Trinajstić information content (AvgIpc) is 2.32. The summed E-state index contributed by atoms with van der Waals surface area (Å²) in [7, 11) is 0. The maximum atomic E-state index is 12.0. The summed E-state index contributed by atoms with van der Waals surface area (Å²) in [5, 5.41) is 5.35. The van der Waals surface area contributed by atoms with E-state index < -0.39 is 6.61 Å². The van der Waals surface area contributed by atoms with Gasteiger partial charge in [-0.1, -0.05) is 20.8 Å². The minimum atomic E-state index is -2.92. The number of amides is 2. The van der Waals surface area contributed by atoms with Gasteiger partial charge < -0.3 is 15.4 Å². The Morgan fingerprint density at radius 2 is 2.10 bits per heavy atom. The predicted molar refractivity (Wildman–Crippen MR) is 70.6 cm³/mol. The molecule has 0 bridgehead atoms. The smallest absolute Gasteiger partial charge is 0.388 e. The van der Waals surface area contributed by atoms with Crippen LogP contribution < -0.4 is 15.4 Å². The van der Waals surface area contributed by atoms with Gasteiger partial charge in [-0.05, 0) is 17.0 Å². The average molecular weight is 287 g/mol. The number of aromatic nitrogens is 1. The zero-order valence-electron chi connectivity index (χ0n) is 11.7. The molecule has 112 valence electrons. The number of alkyl halides is 2. The number of halogens is 2. The Kier molecular flexibility index (Phi) is 5.66. The molecular weight excluding hydrogens is 268 g/mol. The van der Waals surface area contributed by atoms with Crippen molar-refractivity contribution in [3.63, 3.8) is 0 Å². The highest BCUT2D eigenvalue weighted by Crippen LogP contribution is 2.12. The van der Waals surface area contributed by atoms with E-state index in [1.165, 1.54) is 12.3 Å². The molecule has 0 radical (unpaired) electrons. The molecule has 1 rings (SSSR count). The van der Waals surface area contributed by atoms with E-state index in [0.717, 1.165) is 0 Å². The standard InChI is InChI=1S/C13H19F2N3O2/c1-13(2,3)8-18-12(19)17-7-9-4-5-16-10(6-9)20-11(14)15/h4-6,11H,7-8H2,1-3H3,(H2,17,18,19). The van der Waals surface area contributed by atoms with Crippen LogP contribution in [0.25, 0.3) is 0 Å². The third-order valence-corrected chi connectivity index (χ3v) is 2.24. The maximum absolute atomic E-state index is 12.0. The van der Waals surface area contributed by atoms with Crippen molar-refractivity contribution in [2.24, 2.45) is 5.41 Å². The molecule has 0 aliphatic rings. The van der Waals surface area contributed by atoms with E-state index in [-0.39, 0.29) is 23.9 Å². The van der Waals surface area contributed by atoms with E-state index in [4.69, 9.17) is 0 Å². The first-order chi connectivity index (χ1) is 9.26. The number of urea groups is 1. The van der Waals surface area contributed by atoms with Crippen LogP contribution in [-0.2, 0) is 6.54 Å². The first kappa shape index (κ1) is 16.1. The number of carbonyl (C=O) groups excluding carboxylic acids is 1. The van der Waals surface area contributed by atoms with E-state index in [0.29, 0.717) is 12.1 Å². The lowest BCUT2D eigenvalue weighted by molar-refractivity contribution is -0.0528. The molecule has 1 aromatic heterocycles. The van der Waals surface area contributed by atoms with Crippen LogP contribution in [0.1, 0.15) is 26.3 Å². The molecule has 0 spiro atoms. The molecule has 7 heteroatoms. The predicted octanol–water partition coefficient (Wildman–Crippen LogP) is 2.53. The van der Waals surface area contributed by atoms with Gasteiger partial charge in [0.05, 0.1) is 0 Å². The highest BCUT2D eigenvalue weighted by atomic mass is 19.3. The summed E-state index contributed by atoms with van der Waals surface area (Å²) in [4.78, 5) is 15.2. The first-order valence-corrected chi connectivity index (χ1v) is 6.18. The SMILES string of the molecule is CC(C)(C)CNC(=O)NCc1ccnc(OC(F)F)c1. The number of hydrogen-bond acceptors (Lipinski definition) is 3. The fourth-order valence-corrected chi connectivity index (χ4v) is 1.31. The molecule has 2 N–H and O–H groups in total. The monoisotopic (exact) mass is 287 g/mol. The van der Waals surface area contributed by atoms with Gasteiger partial charge in [0.2, 0.25) is 5.88 Å². The second-order valence-corrected chi connectivity index (χ2v) is 5.48. The van der Waals surface area contributed by atoms with E-state index in [1.54, 1.807) is 6.07 Å². The van der Waals surface area contributed by atoms with Crippen molar-refractivity contribution in [3.05, 3.63) is 23.9 Å². The number of pyridine rings is 1. The topological polar surface area (TPSA) is 63.2 Å². The van der Waals surface area contributed by atoms with Gasteiger partial charge in [-0.2, -0.15) is 8.78 Å². The summed E-state index contributed by atoms with van der Waals surface area (Å²) in [5.41, 5.74) is 0.619. The molecule has 1 aromatic rings. The maximum Gasteiger partial charge on any atom is 0.388 e. The van der Waals surface area contributed by atoms with Crippen molar-refractivity contribution in [1.29, 1.82) is 0 Å². The van der Waals surface area contributed by atoms with Crippen molar-refractivity contribution >= 4 is 6.03 Å². The van der Waals surface area contributed by atoms with Crippen LogP contribution in [0.4, 0.5) is 13.6 Å². The van der Waals surface area contributed by atoms with Gasteiger partial charge in [-0.15, -0.1) is 0 Å². The number of rotatable bonds is 5. The van der Waals surface area contributed by atoms with Crippen LogP contribution >= 0.6 is 0 Å². The van der Waals surface area contributed by atoms with Crippen LogP contribution in [0, 0.1) is 5.41 Å². The van der Waals surface area contributed by atoms with Crippen LogP contribution in [0.5, 0.6) is 5.88 Å². The normalized spacial score (nSPS) is 11.3. The summed E-state index contributed by atoms with van der Waals surface area (Å²) >= 11 is 0. The van der Waals surface area contributed by atoms with Crippen molar-refractivity contribution in [2.45, 2.75) is 33.9 Å². The number of carbonyl (C=O) groups is 1. The number of nitrogens with one attached hydrogen (secondary N) is 2. The van der Waals surface area contributed by atoms with E-state index in [9.17, 15) is 13.6 Å². The van der Waals surface area contributed by atoms with Gasteiger partial charge in [-0.3, -0.25) is 0 Å². The molecule has 0 saturated carbocycles. The minimum Gasteiger partial charge on any atom is -0.417 e. The number of hydrogen-bond donors (Lipinski definition) is 2. The zero-order valence-corrected chi connectivity index (χ0v) is 11.7. The summed E-state index contributed by atoms with van der Waals surface area (Å²) < 4.78 is 28.3. The van der Waals surface area contributed by atoms with Gasteiger partial charge >= 0.3 is 12.6 Å². The Morgan fingerprint density at radius 1 is 1.40 bits per heavy atom. The third-order valence-electron chi connectivity index (χ3n) is 2.24. The van der Waals surface area contributed by atoms with E-state index >= 15 is 0 Å². The van der Waals surface area contributed by atoms with Gasteiger partial charge in [0.25, 0.3) is 0 Å². The van der Waals surface area contributed by atoms with Crippen LogP contribution in [0.2, 0.25) is 0 Å². The molecule has 0 aliphatic carbocycles. The Morgan fingerprint density at radius 3 is 2.70 bits per heavy atom. The highest BCUT2D eigenvalue weighted by molar-refractivity contribution is 5.73. The molecule has 1 heterocycles. The molecule has 5 nitrogen and oxygen atoms in total. The Balaban J connectivity index is 2.43. The third kappa shape index (κ3) is 6.86. The summed E-state index contributed by atoms with van der Waals surface area (Å²) in [6.07, 6.45) is 1.35. The largest absolute Gasteiger partial charge is 0.417 e. The van der Waals surface area contributed by atoms with Gasteiger partial charge in [0.1, 0.15) is 0 Å². The minimum absolute atomic E-state index is 0.00766. The quantitative estimate of drug-likeness (QED) is 0.874. The molecule has 0 aliphatic heterocycles. The summed E-state index contributed by atoms with van der Waals surface area (Å²) in [5.74, 6) is -0.172. The van der Waals surface area contributed by atoms with Crippen LogP contribution in [-0.4, -0.2) is 24.2 Å². The molecule has 0 unspecified atom stereocenters. The van der Waals surface area contributed by atoms with Crippen molar-refractivity contribution in [1.82, 2.24) is 15.6 Å². The fraction of sp³-hybridized carbons (Fsp3) is 0.538. The molecule has 0 fully saturated rings. The second kappa shape index (κ2) is 7.02. The Labute approximate surface area is 116 Å². The molecule has 2 amide bonds. The molecule has 0 saturated heterocycles. The van der Waals surface area contributed by atoms with E-state index in [2.05, 4.69) is 20.4 Å². The molecule has 0 atom stereocenters. The van der Waals surface area contributed by atoms with Crippen molar-refractivity contribution in [3.8, 4) is 5.88 Å². The lowest BCUT2D eigenvalue weighted by atomic mass is 9.97. The van der Waals surface area contributed by atoms with E-state index in [1.807, 2.05) is 20.8 Å². The first-order valence-electron chi connectivity index (χ1n) is 6.18. The second-order valence-electron chi connectivity index (χ2n) is 5.48. The number of nitrogens with zero attached hydrogens (tertiary/aromatic N) is 1. The van der Waals surface area contributed by atoms with Crippen molar-refractivity contribution in [2.75, 3.05) is 6.54 Å². The van der Waals surface area contributed by atoms with Gasteiger partial charge in [0, 0.05) is 25.4 Å². The van der Waals surface area contributed by atoms with Crippen molar-refractivity contribution < 1.29 is 18.3 Å². The Hall–Kier alpha value is -1.92. The summed E-state index contributed by atoms with van der Waals surface area (Å²) in [6.45, 7) is 3.84. The molecule has 0 aromatic carbocycles. The van der Waals surface area contributed by atoms with Crippen LogP contribution in [0.15, 0.2) is 18.3 Å².